The van der Waals surface area contributed by atoms with E-state index in [1.807, 2.05) is 6.92 Å². The number of hydrogen-bond acceptors (Lipinski definition) is 3. The molecular weight excluding hydrogens is 300 g/mol. The summed E-state index contributed by atoms with van der Waals surface area (Å²) in [6.07, 6.45) is 3.34. The first-order chi connectivity index (χ1) is 11.5. The van der Waals surface area contributed by atoms with Gasteiger partial charge in [-0.3, -0.25) is 0 Å². The van der Waals surface area contributed by atoms with E-state index in [0.29, 0.717) is 0 Å². The van der Waals surface area contributed by atoms with Crippen LogP contribution in [-0.2, 0) is 25.7 Å². The van der Waals surface area contributed by atoms with E-state index in [2.05, 4.69) is 52.6 Å². The topological polar surface area (TPSA) is 86.0 Å². The number of imidazole rings is 3. The van der Waals surface area contributed by atoms with E-state index in [4.69, 9.17) is 4.98 Å². The zero-order valence-corrected chi connectivity index (χ0v) is 15.2. The Bertz CT molecular complexity index is 768. The van der Waals surface area contributed by atoms with Crippen LogP contribution < -0.4 is 0 Å². The van der Waals surface area contributed by atoms with Crippen LogP contribution in [0.3, 0.4) is 0 Å². The quantitative estimate of drug-likeness (QED) is 0.650. The molecule has 3 heterocycles. The Morgan fingerprint density at radius 2 is 1.21 bits per heavy atom. The first-order valence-corrected chi connectivity index (χ1v) is 8.63. The number of aromatic nitrogens is 6. The SMILES string of the molecule is CCc1nc(Cc2nc(C)[nH]c2Cc2nc(CC)[nH]c2C)c(C)[nH]1. The number of aromatic amines is 3. The molecule has 0 spiro atoms. The van der Waals surface area contributed by atoms with Crippen LogP contribution in [0.1, 0.15) is 65.5 Å². The lowest BCUT2D eigenvalue weighted by atomic mass is 10.1. The minimum atomic E-state index is 0.742. The third-order valence-electron chi connectivity index (χ3n) is 4.40. The fourth-order valence-corrected chi connectivity index (χ4v) is 3.01. The second kappa shape index (κ2) is 6.63. The molecule has 128 valence electrons. The van der Waals surface area contributed by atoms with Gasteiger partial charge in [0.15, 0.2) is 0 Å². The molecule has 6 heteroatoms. The number of rotatable bonds is 6. The van der Waals surface area contributed by atoms with Crippen LogP contribution in [0.4, 0.5) is 0 Å². The number of H-pyrrole nitrogens is 3. The van der Waals surface area contributed by atoms with Gasteiger partial charge < -0.3 is 15.0 Å². The number of nitrogens with one attached hydrogen (secondary N) is 3. The Labute approximate surface area is 142 Å². The van der Waals surface area contributed by atoms with Crippen LogP contribution >= 0.6 is 0 Å². The molecule has 0 amide bonds. The molecule has 3 N–H and O–H groups in total. The third-order valence-corrected chi connectivity index (χ3v) is 4.40. The summed E-state index contributed by atoms with van der Waals surface area (Å²) in [5.41, 5.74) is 6.62. The fourth-order valence-electron chi connectivity index (χ4n) is 3.01. The van der Waals surface area contributed by atoms with Crippen molar-refractivity contribution in [2.24, 2.45) is 0 Å². The van der Waals surface area contributed by atoms with Gasteiger partial charge in [-0.15, -0.1) is 0 Å². The van der Waals surface area contributed by atoms with Gasteiger partial charge in [0.2, 0.25) is 0 Å². The molecular formula is C18H26N6. The van der Waals surface area contributed by atoms with E-state index < -0.39 is 0 Å². The van der Waals surface area contributed by atoms with Gasteiger partial charge in [0.05, 0.1) is 17.1 Å². The van der Waals surface area contributed by atoms with E-state index in [-0.39, 0.29) is 0 Å². The van der Waals surface area contributed by atoms with Crippen LogP contribution in [0, 0.1) is 20.8 Å². The molecule has 0 aliphatic rings. The van der Waals surface area contributed by atoms with Crippen molar-refractivity contribution in [2.75, 3.05) is 0 Å². The summed E-state index contributed by atoms with van der Waals surface area (Å²) in [6, 6.07) is 0. The highest BCUT2D eigenvalue weighted by atomic mass is 15.0. The maximum atomic E-state index is 4.69. The Morgan fingerprint density at radius 1 is 0.667 bits per heavy atom. The van der Waals surface area contributed by atoms with Crippen molar-refractivity contribution < 1.29 is 0 Å². The predicted molar refractivity (Wildman–Crippen MR) is 94.3 cm³/mol. The molecule has 0 aromatic carbocycles. The Hall–Kier alpha value is -2.37. The Balaban J connectivity index is 1.87. The molecule has 0 aliphatic heterocycles. The zero-order valence-electron chi connectivity index (χ0n) is 15.2. The van der Waals surface area contributed by atoms with Crippen molar-refractivity contribution in [3.63, 3.8) is 0 Å². The molecule has 3 aromatic heterocycles. The highest BCUT2D eigenvalue weighted by molar-refractivity contribution is 5.29. The van der Waals surface area contributed by atoms with Crippen LogP contribution in [-0.4, -0.2) is 29.9 Å². The summed E-state index contributed by atoms with van der Waals surface area (Å²) in [4.78, 5) is 24.2. The van der Waals surface area contributed by atoms with Gasteiger partial charge in [0.25, 0.3) is 0 Å². The fraction of sp³-hybridized carbons (Fsp3) is 0.500. The average Bonchev–Trinajstić information content (AvgIpc) is 3.19. The van der Waals surface area contributed by atoms with Gasteiger partial charge in [0.1, 0.15) is 17.5 Å². The molecule has 0 bridgehead atoms. The number of aryl methyl sites for hydroxylation is 5. The van der Waals surface area contributed by atoms with E-state index >= 15 is 0 Å². The molecule has 0 atom stereocenters. The molecule has 0 unspecified atom stereocenters. The van der Waals surface area contributed by atoms with E-state index in [1.54, 1.807) is 0 Å². The summed E-state index contributed by atoms with van der Waals surface area (Å²) < 4.78 is 0. The van der Waals surface area contributed by atoms with Gasteiger partial charge in [-0.25, -0.2) is 15.0 Å². The highest BCUT2D eigenvalue weighted by Crippen LogP contribution is 2.18. The maximum Gasteiger partial charge on any atom is 0.106 e. The number of nitrogens with zero attached hydrogens (tertiary/aromatic N) is 3. The van der Waals surface area contributed by atoms with Crippen molar-refractivity contribution in [2.45, 2.75) is 60.3 Å². The van der Waals surface area contributed by atoms with Crippen LogP contribution in [0.5, 0.6) is 0 Å². The second-order valence-corrected chi connectivity index (χ2v) is 6.32. The van der Waals surface area contributed by atoms with Gasteiger partial charge in [-0.2, -0.15) is 0 Å². The normalized spacial score (nSPS) is 11.4. The molecule has 3 aromatic rings. The lowest BCUT2D eigenvalue weighted by Crippen LogP contribution is -2.00. The molecule has 0 saturated heterocycles. The third kappa shape index (κ3) is 3.27. The summed E-state index contributed by atoms with van der Waals surface area (Å²) in [6.45, 7) is 10.4. The molecule has 0 fully saturated rings. The van der Waals surface area contributed by atoms with Crippen molar-refractivity contribution in [1.82, 2.24) is 29.9 Å². The largest absolute Gasteiger partial charge is 0.346 e. The van der Waals surface area contributed by atoms with Crippen LogP contribution in [0.2, 0.25) is 0 Å². The Kier molecular flexibility index (Phi) is 4.55. The second-order valence-electron chi connectivity index (χ2n) is 6.32. The minimum Gasteiger partial charge on any atom is -0.346 e. The molecule has 6 nitrogen and oxygen atoms in total. The molecule has 24 heavy (non-hydrogen) atoms. The first-order valence-electron chi connectivity index (χ1n) is 8.63. The van der Waals surface area contributed by atoms with Crippen molar-refractivity contribution in [1.29, 1.82) is 0 Å². The van der Waals surface area contributed by atoms with E-state index in [0.717, 1.165) is 77.3 Å². The van der Waals surface area contributed by atoms with E-state index in [1.165, 1.54) is 0 Å². The summed E-state index contributed by atoms with van der Waals surface area (Å²) >= 11 is 0. The van der Waals surface area contributed by atoms with Crippen molar-refractivity contribution >= 4 is 0 Å². The van der Waals surface area contributed by atoms with Crippen LogP contribution in [0.25, 0.3) is 0 Å². The van der Waals surface area contributed by atoms with Crippen molar-refractivity contribution in [3.8, 4) is 0 Å². The predicted octanol–water partition coefficient (Wildman–Crippen LogP) is 3.09. The Morgan fingerprint density at radius 3 is 1.71 bits per heavy atom. The molecule has 0 radical (unpaired) electrons. The molecule has 3 rings (SSSR count). The first kappa shape index (κ1) is 16.5. The average molecular weight is 326 g/mol. The van der Waals surface area contributed by atoms with Gasteiger partial charge >= 0.3 is 0 Å². The lowest BCUT2D eigenvalue weighted by molar-refractivity contribution is 0.938. The zero-order chi connectivity index (χ0) is 17.3. The highest BCUT2D eigenvalue weighted by Gasteiger charge is 2.16. The molecule has 0 aliphatic carbocycles. The minimum absolute atomic E-state index is 0.742. The summed E-state index contributed by atoms with van der Waals surface area (Å²) in [5.74, 6) is 3.01. The maximum absolute atomic E-state index is 4.69. The smallest absolute Gasteiger partial charge is 0.106 e. The van der Waals surface area contributed by atoms with Crippen LogP contribution in [0.15, 0.2) is 0 Å². The summed E-state index contributed by atoms with van der Waals surface area (Å²) in [7, 11) is 0. The van der Waals surface area contributed by atoms with E-state index in [9.17, 15) is 0 Å². The lowest BCUT2D eigenvalue weighted by Gasteiger charge is -2.01. The molecule has 0 saturated carbocycles. The van der Waals surface area contributed by atoms with Crippen molar-refractivity contribution in [3.05, 3.63) is 51.6 Å². The van der Waals surface area contributed by atoms with Gasteiger partial charge in [0, 0.05) is 42.8 Å². The van der Waals surface area contributed by atoms with Gasteiger partial charge in [-0.1, -0.05) is 13.8 Å². The standard InChI is InChI=1S/C18H26N6/c1-6-17-19-10(3)13(23-17)8-15-16(22-12(5)21-15)9-14-11(4)20-18(7-2)24-14/h6-9H2,1-5H3,(H,19,23)(H,20,24)(H,21,22). The number of hydrogen-bond donors (Lipinski definition) is 3. The summed E-state index contributed by atoms with van der Waals surface area (Å²) in [5, 5.41) is 0. The van der Waals surface area contributed by atoms with Gasteiger partial charge in [-0.05, 0) is 20.8 Å². The monoisotopic (exact) mass is 326 g/mol.